The van der Waals surface area contributed by atoms with E-state index in [1.54, 1.807) is 7.11 Å². The highest BCUT2D eigenvalue weighted by Crippen LogP contribution is 2.34. The van der Waals surface area contributed by atoms with Crippen LogP contribution in [0.1, 0.15) is 5.56 Å². The Morgan fingerprint density at radius 1 is 0.900 bits per heavy atom. The molecule has 0 aromatic heterocycles. The first-order chi connectivity index (χ1) is 14.7. The molecule has 0 aliphatic carbocycles. The largest absolute Gasteiger partial charge is 0.497 e. The van der Waals surface area contributed by atoms with Gasteiger partial charge in [-0.25, -0.2) is 4.99 Å². The van der Waals surface area contributed by atoms with Crippen LogP contribution in [0.15, 0.2) is 88.8 Å². The maximum absolute atomic E-state index is 12.7. The fourth-order valence-corrected chi connectivity index (χ4v) is 4.41. The summed E-state index contributed by atoms with van der Waals surface area (Å²) in [5.41, 5.74) is 1.81. The third kappa shape index (κ3) is 3.44. The van der Waals surface area contributed by atoms with E-state index in [4.69, 9.17) is 4.74 Å². The first-order valence-corrected chi connectivity index (χ1v) is 10.4. The van der Waals surface area contributed by atoms with Gasteiger partial charge in [0, 0.05) is 0 Å². The number of benzene rings is 4. The fourth-order valence-electron chi connectivity index (χ4n) is 3.59. The highest BCUT2D eigenvalue weighted by atomic mass is 32.2. The van der Waals surface area contributed by atoms with Crippen molar-refractivity contribution >= 4 is 56.1 Å². The first-order valence-electron chi connectivity index (χ1n) is 9.55. The van der Waals surface area contributed by atoms with Gasteiger partial charge in [0.15, 0.2) is 5.17 Å². The second-order valence-corrected chi connectivity index (χ2v) is 7.94. The lowest BCUT2D eigenvalue weighted by Gasteiger charge is -2.08. The molecule has 30 heavy (non-hydrogen) atoms. The zero-order valence-electron chi connectivity index (χ0n) is 16.3. The number of hydrogen-bond donors (Lipinski definition) is 1. The van der Waals surface area contributed by atoms with Crippen molar-refractivity contribution in [3.8, 4) is 5.75 Å². The Morgan fingerprint density at radius 2 is 1.53 bits per heavy atom. The molecule has 1 N–H and O–H groups in total. The number of nitrogens with one attached hydrogen (secondary N) is 1. The number of rotatable bonds is 3. The Balaban J connectivity index is 1.57. The molecule has 0 spiro atoms. The minimum Gasteiger partial charge on any atom is -0.497 e. The van der Waals surface area contributed by atoms with Gasteiger partial charge in [-0.3, -0.25) is 4.79 Å². The van der Waals surface area contributed by atoms with Gasteiger partial charge in [0.05, 0.1) is 17.7 Å². The van der Waals surface area contributed by atoms with Crippen LogP contribution in [0.4, 0.5) is 5.69 Å². The minimum absolute atomic E-state index is 0.135. The van der Waals surface area contributed by atoms with E-state index in [2.05, 4.69) is 40.6 Å². The number of carbonyl (C=O) groups is 1. The normalized spacial score (nSPS) is 16.5. The number of carbonyl (C=O) groups excluding carboxylic acids is 1. The Kier molecular flexibility index (Phi) is 4.73. The van der Waals surface area contributed by atoms with Crippen molar-refractivity contribution in [2.45, 2.75) is 0 Å². The maximum atomic E-state index is 12.7. The van der Waals surface area contributed by atoms with Crippen molar-refractivity contribution < 1.29 is 9.53 Å². The molecular weight excluding hydrogens is 392 g/mol. The van der Waals surface area contributed by atoms with Crippen LogP contribution in [0.3, 0.4) is 0 Å². The lowest BCUT2D eigenvalue weighted by atomic mass is 9.96. The number of ether oxygens (including phenoxy) is 1. The van der Waals surface area contributed by atoms with Gasteiger partial charge in [0.1, 0.15) is 5.75 Å². The van der Waals surface area contributed by atoms with Crippen molar-refractivity contribution in [3.05, 3.63) is 89.3 Å². The molecule has 5 heteroatoms. The molecule has 0 radical (unpaired) electrons. The summed E-state index contributed by atoms with van der Waals surface area (Å²) in [5.74, 6) is 0.634. The zero-order valence-corrected chi connectivity index (χ0v) is 17.1. The Bertz CT molecular complexity index is 1290. The summed E-state index contributed by atoms with van der Waals surface area (Å²) in [6.45, 7) is 0. The summed E-state index contributed by atoms with van der Waals surface area (Å²) < 4.78 is 5.18. The second kappa shape index (κ2) is 7.69. The molecule has 4 nitrogen and oxygen atoms in total. The van der Waals surface area contributed by atoms with Crippen LogP contribution in [-0.4, -0.2) is 18.2 Å². The van der Waals surface area contributed by atoms with Gasteiger partial charge in [-0.05, 0) is 75.3 Å². The third-order valence-electron chi connectivity index (χ3n) is 5.04. The molecule has 0 saturated carbocycles. The Morgan fingerprint density at radius 3 is 2.17 bits per heavy atom. The van der Waals surface area contributed by atoms with Crippen molar-refractivity contribution in [2.24, 2.45) is 4.99 Å². The van der Waals surface area contributed by atoms with Gasteiger partial charge in [-0.15, -0.1) is 0 Å². The summed E-state index contributed by atoms with van der Waals surface area (Å²) in [6.07, 6.45) is 1.97. The SMILES string of the molecule is COc1ccc(N=C2NC(=O)/C(=C/c3c4ccccc4cc4ccccc34)S2)cc1. The molecule has 1 heterocycles. The molecule has 4 aromatic rings. The maximum Gasteiger partial charge on any atom is 0.264 e. The predicted molar refractivity (Wildman–Crippen MR) is 125 cm³/mol. The van der Waals surface area contributed by atoms with Crippen LogP contribution < -0.4 is 10.1 Å². The Hall–Kier alpha value is -3.57. The highest BCUT2D eigenvalue weighted by molar-refractivity contribution is 8.18. The number of amidine groups is 1. The van der Waals surface area contributed by atoms with E-state index in [0.717, 1.165) is 38.5 Å². The van der Waals surface area contributed by atoms with Crippen LogP contribution in [0.25, 0.3) is 27.6 Å². The molecular formula is C25H18N2O2S. The number of fused-ring (bicyclic) bond motifs is 2. The van der Waals surface area contributed by atoms with Gasteiger partial charge in [0.2, 0.25) is 0 Å². The Labute approximate surface area is 178 Å². The van der Waals surface area contributed by atoms with E-state index < -0.39 is 0 Å². The molecule has 5 rings (SSSR count). The molecule has 146 valence electrons. The summed E-state index contributed by atoms with van der Waals surface area (Å²) in [7, 11) is 1.63. The molecule has 1 fully saturated rings. The summed E-state index contributed by atoms with van der Waals surface area (Å²) >= 11 is 1.35. The van der Waals surface area contributed by atoms with Crippen LogP contribution in [0, 0.1) is 0 Å². The van der Waals surface area contributed by atoms with Crippen LogP contribution in [-0.2, 0) is 4.79 Å². The molecule has 1 aliphatic rings. The summed E-state index contributed by atoms with van der Waals surface area (Å²) in [6, 6.07) is 26.1. The fraction of sp³-hybridized carbons (Fsp3) is 0.0400. The monoisotopic (exact) mass is 410 g/mol. The molecule has 0 atom stereocenters. The van der Waals surface area contributed by atoms with E-state index in [1.165, 1.54) is 11.8 Å². The van der Waals surface area contributed by atoms with E-state index in [-0.39, 0.29) is 5.91 Å². The molecule has 4 aromatic carbocycles. The topological polar surface area (TPSA) is 50.7 Å². The lowest BCUT2D eigenvalue weighted by Crippen LogP contribution is -2.19. The summed E-state index contributed by atoms with van der Waals surface area (Å²) in [4.78, 5) is 17.8. The van der Waals surface area contributed by atoms with Crippen molar-refractivity contribution in [1.29, 1.82) is 0 Å². The van der Waals surface area contributed by atoms with Gasteiger partial charge >= 0.3 is 0 Å². The number of aliphatic imine (C=N–C) groups is 1. The zero-order chi connectivity index (χ0) is 20.5. The predicted octanol–water partition coefficient (Wildman–Crippen LogP) is 5.89. The first kappa shape index (κ1) is 18.5. The number of methoxy groups -OCH3 is 1. The van der Waals surface area contributed by atoms with E-state index in [9.17, 15) is 4.79 Å². The van der Waals surface area contributed by atoms with Crippen molar-refractivity contribution in [2.75, 3.05) is 7.11 Å². The molecule has 0 unspecified atom stereocenters. The lowest BCUT2D eigenvalue weighted by molar-refractivity contribution is -0.115. The van der Waals surface area contributed by atoms with Crippen LogP contribution in [0.5, 0.6) is 5.75 Å². The third-order valence-corrected chi connectivity index (χ3v) is 5.95. The number of amides is 1. The van der Waals surface area contributed by atoms with E-state index in [0.29, 0.717) is 10.1 Å². The quantitative estimate of drug-likeness (QED) is 0.338. The van der Waals surface area contributed by atoms with Crippen LogP contribution >= 0.6 is 11.8 Å². The van der Waals surface area contributed by atoms with Gasteiger partial charge < -0.3 is 10.1 Å². The van der Waals surface area contributed by atoms with Gasteiger partial charge in [-0.1, -0.05) is 48.5 Å². The van der Waals surface area contributed by atoms with Crippen molar-refractivity contribution in [3.63, 3.8) is 0 Å². The second-order valence-electron chi connectivity index (χ2n) is 6.91. The van der Waals surface area contributed by atoms with E-state index >= 15 is 0 Å². The molecule has 0 bridgehead atoms. The summed E-state index contributed by atoms with van der Waals surface area (Å²) in [5, 5.41) is 7.99. The van der Waals surface area contributed by atoms with Crippen LogP contribution in [0.2, 0.25) is 0 Å². The molecule has 1 saturated heterocycles. The number of hydrogen-bond acceptors (Lipinski definition) is 4. The number of thioether (sulfide) groups is 1. The number of nitrogens with zero attached hydrogens (tertiary/aromatic N) is 1. The van der Waals surface area contributed by atoms with Gasteiger partial charge in [-0.2, -0.15) is 0 Å². The van der Waals surface area contributed by atoms with E-state index in [1.807, 2.05) is 54.6 Å². The highest BCUT2D eigenvalue weighted by Gasteiger charge is 2.24. The standard InChI is InChI=1S/C25H18N2O2S/c1-29-19-12-10-18(11-13-19)26-25-27-24(28)23(30-25)15-22-20-8-4-2-6-16(20)14-17-7-3-5-9-21(17)22/h2-15H,1H3,(H,26,27,28)/b23-15-. The minimum atomic E-state index is -0.135. The van der Waals surface area contributed by atoms with Crippen molar-refractivity contribution in [1.82, 2.24) is 5.32 Å². The average Bonchev–Trinajstić information content (AvgIpc) is 3.12. The molecule has 1 aliphatic heterocycles. The smallest absolute Gasteiger partial charge is 0.264 e. The molecule has 1 amide bonds. The van der Waals surface area contributed by atoms with Gasteiger partial charge in [0.25, 0.3) is 5.91 Å². The average molecular weight is 410 g/mol.